The quantitative estimate of drug-likeness (QED) is 0.694. The number of sulfonamides is 1. The molecular weight excluding hydrogens is 248 g/mol. The molecule has 0 fully saturated rings. The second-order valence-corrected chi connectivity index (χ2v) is 6.95. The highest BCUT2D eigenvalue weighted by Crippen LogP contribution is 1.95. The smallest absolute Gasteiger partial charge is 0.219 e. The highest BCUT2D eigenvalue weighted by Gasteiger charge is 2.08. The standard InChI is InChI=1S/C5H8N2O4S3/c1-13(8,9)6-5-7(3-4-12-5)14(2,10)11/h3-4H,1-2H3/b6-5-. The molecule has 0 aliphatic carbocycles. The summed E-state index contributed by atoms with van der Waals surface area (Å²) in [6.45, 7) is 0. The molecule has 0 N–H and O–H groups in total. The summed E-state index contributed by atoms with van der Waals surface area (Å²) in [4.78, 5) is -0.0741. The van der Waals surface area contributed by atoms with Crippen molar-refractivity contribution >= 4 is 31.4 Å². The second-order valence-electron chi connectivity index (χ2n) is 2.57. The van der Waals surface area contributed by atoms with Gasteiger partial charge in [0, 0.05) is 11.6 Å². The van der Waals surface area contributed by atoms with Gasteiger partial charge in [-0.2, -0.15) is 0 Å². The van der Waals surface area contributed by atoms with E-state index in [1.807, 2.05) is 0 Å². The van der Waals surface area contributed by atoms with Crippen LogP contribution in [0, 0.1) is 0 Å². The van der Waals surface area contributed by atoms with Crippen molar-refractivity contribution in [3.8, 4) is 0 Å². The van der Waals surface area contributed by atoms with Crippen LogP contribution in [0.15, 0.2) is 16.0 Å². The van der Waals surface area contributed by atoms with Gasteiger partial charge in [0.2, 0.25) is 14.8 Å². The lowest BCUT2D eigenvalue weighted by Gasteiger charge is -1.96. The zero-order chi connectivity index (χ0) is 11.0. The van der Waals surface area contributed by atoms with E-state index < -0.39 is 20.0 Å². The predicted molar refractivity (Wildman–Crippen MR) is 53.0 cm³/mol. The first-order chi connectivity index (χ1) is 6.20. The molecule has 0 saturated heterocycles. The maximum absolute atomic E-state index is 11.1. The topological polar surface area (TPSA) is 85.6 Å². The molecule has 0 radical (unpaired) electrons. The van der Waals surface area contributed by atoms with Crippen molar-refractivity contribution in [2.45, 2.75) is 0 Å². The largest absolute Gasteiger partial charge is 0.252 e. The van der Waals surface area contributed by atoms with Crippen LogP contribution in [-0.4, -0.2) is 33.3 Å². The van der Waals surface area contributed by atoms with Gasteiger partial charge in [-0.15, -0.1) is 15.7 Å². The molecule has 1 aromatic heterocycles. The van der Waals surface area contributed by atoms with Crippen molar-refractivity contribution in [2.75, 3.05) is 12.5 Å². The number of hydrogen-bond acceptors (Lipinski definition) is 5. The molecule has 1 aromatic rings. The van der Waals surface area contributed by atoms with Crippen molar-refractivity contribution in [2.24, 2.45) is 4.40 Å². The Morgan fingerprint density at radius 1 is 1.29 bits per heavy atom. The Bertz CT molecular complexity index is 589. The highest BCUT2D eigenvalue weighted by atomic mass is 32.2. The summed E-state index contributed by atoms with van der Waals surface area (Å²) in [7, 11) is -7.07. The maximum atomic E-state index is 11.1. The Balaban J connectivity index is 3.56. The lowest BCUT2D eigenvalue weighted by molar-refractivity contribution is 0.591. The first-order valence-electron chi connectivity index (χ1n) is 3.33. The van der Waals surface area contributed by atoms with Gasteiger partial charge in [0.05, 0.1) is 12.5 Å². The molecule has 0 amide bonds. The average Bonchev–Trinajstić information content (AvgIpc) is 2.29. The SMILES string of the molecule is CS(=O)(=O)/N=c1\sccn1S(C)(=O)=O. The van der Waals surface area contributed by atoms with Crippen molar-refractivity contribution in [3.05, 3.63) is 16.4 Å². The van der Waals surface area contributed by atoms with Gasteiger partial charge < -0.3 is 0 Å². The molecule has 0 aliphatic heterocycles. The van der Waals surface area contributed by atoms with E-state index in [4.69, 9.17) is 0 Å². The third-order valence-electron chi connectivity index (χ3n) is 1.16. The van der Waals surface area contributed by atoms with Crippen LogP contribution in [-0.2, 0) is 20.0 Å². The van der Waals surface area contributed by atoms with E-state index >= 15 is 0 Å². The van der Waals surface area contributed by atoms with E-state index in [0.717, 1.165) is 27.8 Å². The second kappa shape index (κ2) is 3.48. The lowest BCUT2D eigenvalue weighted by atomic mass is 11.0. The first-order valence-corrected chi connectivity index (χ1v) is 7.90. The summed E-state index contributed by atoms with van der Waals surface area (Å²) in [5, 5.41) is 1.45. The normalized spacial score (nSPS) is 14.6. The Morgan fingerprint density at radius 3 is 2.29 bits per heavy atom. The van der Waals surface area contributed by atoms with Crippen molar-refractivity contribution in [1.29, 1.82) is 0 Å². The average molecular weight is 256 g/mol. The summed E-state index contributed by atoms with van der Waals surface area (Å²) in [6.07, 6.45) is 3.13. The number of rotatable bonds is 2. The first kappa shape index (κ1) is 11.4. The molecule has 0 saturated carbocycles. The fraction of sp³-hybridized carbons (Fsp3) is 0.400. The molecule has 14 heavy (non-hydrogen) atoms. The van der Waals surface area contributed by atoms with Gasteiger partial charge in [-0.05, 0) is 0 Å². The third-order valence-corrected chi connectivity index (χ3v) is 3.66. The van der Waals surface area contributed by atoms with Gasteiger partial charge in [0.15, 0.2) is 0 Å². The van der Waals surface area contributed by atoms with Crippen molar-refractivity contribution in [3.63, 3.8) is 0 Å². The monoisotopic (exact) mass is 256 g/mol. The number of aromatic nitrogens is 1. The van der Waals surface area contributed by atoms with E-state index in [2.05, 4.69) is 4.40 Å². The van der Waals surface area contributed by atoms with Gasteiger partial charge in [-0.1, -0.05) is 0 Å². The van der Waals surface area contributed by atoms with Crippen LogP contribution in [0.3, 0.4) is 0 Å². The van der Waals surface area contributed by atoms with E-state index in [1.54, 1.807) is 0 Å². The third kappa shape index (κ3) is 2.93. The number of thiazole rings is 1. The minimum absolute atomic E-state index is 0.0741. The maximum Gasteiger partial charge on any atom is 0.252 e. The Labute approximate surface area is 85.6 Å². The predicted octanol–water partition coefficient (Wildman–Crippen LogP) is -0.782. The molecule has 0 spiro atoms. The minimum atomic E-state index is -3.58. The number of nitrogens with zero attached hydrogens (tertiary/aromatic N) is 2. The molecule has 1 rings (SSSR count). The van der Waals surface area contributed by atoms with Crippen molar-refractivity contribution < 1.29 is 16.8 Å². The summed E-state index contributed by atoms with van der Waals surface area (Å²) in [5.74, 6) is 0. The van der Waals surface area contributed by atoms with Gasteiger partial charge in [0.1, 0.15) is 0 Å². The molecule has 0 bridgehead atoms. The lowest BCUT2D eigenvalue weighted by Crippen LogP contribution is -2.22. The Morgan fingerprint density at radius 2 is 1.86 bits per heavy atom. The van der Waals surface area contributed by atoms with E-state index in [0.29, 0.717) is 0 Å². The van der Waals surface area contributed by atoms with Crippen LogP contribution < -0.4 is 4.80 Å². The van der Waals surface area contributed by atoms with E-state index in [9.17, 15) is 16.8 Å². The van der Waals surface area contributed by atoms with Crippen LogP contribution in [0.2, 0.25) is 0 Å². The minimum Gasteiger partial charge on any atom is -0.219 e. The van der Waals surface area contributed by atoms with Crippen LogP contribution >= 0.6 is 11.3 Å². The zero-order valence-corrected chi connectivity index (χ0v) is 9.86. The molecular formula is C5H8N2O4S3. The molecule has 0 unspecified atom stereocenters. The fourth-order valence-electron chi connectivity index (χ4n) is 0.718. The molecule has 6 nitrogen and oxygen atoms in total. The molecule has 0 aliphatic rings. The summed E-state index contributed by atoms with van der Waals surface area (Å²) < 4.78 is 48.0. The van der Waals surface area contributed by atoms with Gasteiger partial charge in [-0.3, -0.25) is 0 Å². The highest BCUT2D eigenvalue weighted by molar-refractivity contribution is 7.90. The van der Waals surface area contributed by atoms with E-state index in [1.165, 1.54) is 11.6 Å². The molecule has 9 heteroatoms. The summed E-state index contributed by atoms with van der Waals surface area (Å²) >= 11 is 0.941. The van der Waals surface area contributed by atoms with Crippen LogP contribution in [0.1, 0.15) is 0 Å². The molecule has 0 aromatic carbocycles. The van der Waals surface area contributed by atoms with Crippen LogP contribution in [0.4, 0.5) is 0 Å². The number of hydrogen-bond donors (Lipinski definition) is 0. The Kier molecular flexibility index (Phi) is 2.83. The fourth-order valence-corrected chi connectivity index (χ4v) is 3.41. The zero-order valence-electron chi connectivity index (χ0n) is 7.41. The Hall–Kier alpha value is -0.670. The van der Waals surface area contributed by atoms with Gasteiger partial charge in [-0.25, -0.2) is 20.8 Å². The van der Waals surface area contributed by atoms with Gasteiger partial charge in [0.25, 0.3) is 10.0 Å². The molecule has 80 valence electrons. The molecule has 1 heterocycles. The van der Waals surface area contributed by atoms with E-state index in [-0.39, 0.29) is 4.80 Å². The molecule has 0 atom stereocenters. The van der Waals surface area contributed by atoms with Gasteiger partial charge >= 0.3 is 0 Å². The van der Waals surface area contributed by atoms with Crippen LogP contribution in [0.25, 0.3) is 0 Å². The van der Waals surface area contributed by atoms with Crippen LogP contribution in [0.5, 0.6) is 0 Å². The summed E-state index contributed by atoms with van der Waals surface area (Å²) in [6, 6.07) is 0. The summed E-state index contributed by atoms with van der Waals surface area (Å²) in [5.41, 5.74) is 0. The van der Waals surface area contributed by atoms with Crippen molar-refractivity contribution in [1.82, 2.24) is 3.97 Å².